The zero-order chi connectivity index (χ0) is 14.3. The quantitative estimate of drug-likeness (QED) is 0.769. The molecule has 0 atom stereocenters. The highest BCUT2D eigenvalue weighted by molar-refractivity contribution is 7.18. The molecule has 0 radical (unpaired) electrons. The molecule has 3 nitrogen and oxygen atoms in total. The van der Waals surface area contributed by atoms with Crippen LogP contribution in [0.2, 0.25) is 0 Å². The summed E-state index contributed by atoms with van der Waals surface area (Å²) in [6.45, 7) is 3.90. The van der Waals surface area contributed by atoms with Crippen LogP contribution in [0.15, 0.2) is 24.3 Å². The van der Waals surface area contributed by atoms with Crippen LogP contribution in [0.1, 0.15) is 10.4 Å². The molecule has 0 aliphatic rings. The van der Waals surface area contributed by atoms with Gasteiger partial charge in [-0.1, -0.05) is 0 Å². The second kappa shape index (κ2) is 4.83. The summed E-state index contributed by atoms with van der Waals surface area (Å²) in [5, 5.41) is 4.09. The van der Waals surface area contributed by atoms with E-state index in [1.54, 1.807) is 11.3 Å². The highest BCUT2D eigenvalue weighted by atomic mass is 32.1. The maximum Gasteiger partial charge on any atom is 0.163 e. The smallest absolute Gasteiger partial charge is 0.163 e. The minimum Gasteiger partial charge on any atom is -0.372 e. The van der Waals surface area contributed by atoms with Crippen LogP contribution in [0.25, 0.3) is 21.6 Å². The van der Waals surface area contributed by atoms with Crippen molar-refractivity contribution in [1.82, 2.24) is 9.97 Å². The first-order valence-electron chi connectivity index (χ1n) is 6.30. The monoisotopic (exact) mass is 287 g/mol. The van der Waals surface area contributed by atoms with Gasteiger partial charge < -0.3 is 5.32 Å². The number of fused-ring (bicyclic) bond motifs is 1. The Hall–Kier alpha value is -2.01. The minimum absolute atomic E-state index is 0.267. The molecule has 0 saturated heterocycles. The van der Waals surface area contributed by atoms with Gasteiger partial charge in [0.25, 0.3) is 0 Å². The average Bonchev–Trinajstić information content (AvgIpc) is 2.76. The van der Waals surface area contributed by atoms with E-state index in [4.69, 9.17) is 0 Å². The zero-order valence-electron chi connectivity index (χ0n) is 11.5. The molecular weight excluding hydrogens is 273 g/mol. The standard InChI is InChI=1S/C15H14FN3S/c1-8-4-10(7-11(16)5-8)13-18-14(17-3)12-6-9(2)20-15(12)19-13/h4-7H,1-3H3,(H,17,18,19). The molecule has 0 unspecified atom stereocenters. The summed E-state index contributed by atoms with van der Waals surface area (Å²) in [6, 6.07) is 6.92. The van der Waals surface area contributed by atoms with Crippen LogP contribution in [0.3, 0.4) is 0 Å². The molecule has 2 heterocycles. The number of nitrogens with zero attached hydrogens (tertiary/aromatic N) is 2. The fraction of sp³-hybridized carbons (Fsp3) is 0.200. The zero-order valence-corrected chi connectivity index (χ0v) is 12.3. The molecule has 3 aromatic rings. The maximum atomic E-state index is 13.5. The van der Waals surface area contributed by atoms with Crippen molar-refractivity contribution in [3.8, 4) is 11.4 Å². The fourth-order valence-corrected chi connectivity index (χ4v) is 3.11. The van der Waals surface area contributed by atoms with Gasteiger partial charge in [-0.2, -0.15) is 0 Å². The lowest BCUT2D eigenvalue weighted by atomic mass is 10.1. The summed E-state index contributed by atoms with van der Waals surface area (Å²) in [4.78, 5) is 11.2. The Balaban J connectivity index is 2.25. The first kappa shape index (κ1) is 13.0. The van der Waals surface area contributed by atoms with Crippen molar-refractivity contribution >= 4 is 27.4 Å². The molecule has 0 bridgehead atoms. The third-order valence-corrected chi connectivity index (χ3v) is 4.00. The van der Waals surface area contributed by atoms with Gasteiger partial charge in [0.1, 0.15) is 16.5 Å². The number of hydrogen-bond acceptors (Lipinski definition) is 4. The predicted molar refractivity (Wildman–Crippen MR) is 81.8 cm³/mol. The summed E-state index contributed by atoms with van der Waals surface area (Å²) in [6.07, 6.45) is 0. The summed E-state index contributed by atoms with van der Waals surface area (Å²) < 4.78 is 13.5. The molecular formula is C15H14FN3S. The van der Waals surface area contributed by atoms with Crippen LogP contribution in [0.4, 0.5) is 10.2 Å². The van der Waals surface area contributed by atoms with E-state index in [1.165, 1.54) is 17.0 Å². The van der Waals surface area contributed by atoms with Gasteiger partial charge in [0.15, 0.2) is 5.82 Å². The summed E-state index contributed by atoms with van der Waals surface area (Å²) in [5.41, 5.74) is 1.56. The Kier molecular flexibility index (Phi) is 3.14. The van der Waals surface area contributed by atoms with Crippen LogP contribution >= 0.6 is 11.3 Å². The predicted octanol–water partition coefficient (Wildman–Crippen LogP) is 4.16. The Morgan fingerprint density at radius 1 is 1.10 bits per heavy atom. The van der Waals surface area contributed by atoms with Crippen molar-refractivity contribution in [2.24, 2.45) is 0 Å². The van der Waals surface area contributed by atoms with Crippen LogP contribution in [-0.2, 0) is 0 Å². The van der Waals surface area contributed by atoms with Crippen molar-refractivity contribution in [1.29, 1.82) is 0 Å². The molecule has 2 aromatic heterocycles. The van der Waals surface area contributed by atoms with E-state index in [9.17, 15) is 4.39 Å². The molecule has 0 fully saturated rings. The summed E-state index contributed by atoms with van der Waals surface area (Å²) >= 11 is 1.61. The SMILES string of the molecule is CNc1nc(-c2cc(C)cc(F)c2)nc2sc(C)cc12. The molecule has 1 N–H and O–H groups in total. The van der Waals surface area contributed by atoms with E-state index in [0.29, 0.717) is 11.4 Å². The lowest BCUT2D eigenvalue weighted by Gasteiger charge is -2.06. The van der Waals surface area contributed by atoms with Crippen molar-refractivity contribution in [3.63, 3.8) is 0 Å². The van der Waals surface area contributed by atoms with Crippen molar-refractivity contribution in [2.75, 3.05) is 12.4 Å². The molecule has 0 saturated carbocycles. The summed E-state index contributed by atoms with van der Waals surface area (Å²) in [7, 11) is 1.83. The number of thiophene rings is 1. The Morgan fingerprint density at radius 2 is 1.90 bits per heavy atom. The lowest BCUT2D eigenvalue weighted by molar-refractivity contribution is 0.627. The van der Waals surface area contributed by atoms with Crippen LogP contribution < -0.4 is 5.32 Å². The molecule has 0 aliphatic heterocycles. The number of hydrogen-bond donors (Lipinski definition) is 1. The molecule has 0 spiro atoms. The minimum atomic E-state index is -0.267. The van der Waals surface area contributed by atoms with E-state index in [-0.39, 0.29) is 5.82 Å². The number of rotatable bonds is 2. The number of aryl methyl sites for hydroxylation is 2. The molecule has 0 aliphatic carbocycles. The number of aromatic nitrogens is 2. The van der Waals surface area contributed by atoms with Crippen LogP contribution in [0.5, 0.6) is 0 Å². The number of anilines is 1. The van der Waals surface area contributed by atoms with Gasteiger partial charge in [0.2, 0.25) is 0 Å². The second-order valence-electron chi connectivity index (χ2n) is 4.74. The van der Waals surface area contributed by atoms with Gasteiger partial charge in [-0.25, -0.2) is 14.4 Å². The third kappa shape index (κ3) is 2.25. The third-order valence-electron chi connectivity index (χ3n) is 3.05. The van der Waals surface area contributed by atoms with Crippen molar-refractivity contribution in [2.45, 2.75) is 13.8 Å². The van der Waals surface area contributed by atoms with Gasteiger partial charge in [-0.3, -0.25) is 0 Å². The fourth-order valence-electron chi connectivity index (χ4n) is 2.23. The van der Waals surface area contributed by atoms with Crippen molar-refractivity contribution < 1.29 is 4.39 Å². The average molecular weight is 287 g/mol. The molecule has 102 valence electrons. The molecule has 1 aromatic carbocycles. The van der Waals surface area contributed by atoms with Crippen molar-refractivity contribution in [3.05, 3.63) is 40.5 Å². The molecule has 20 heavy (non-hydrogen) atoms. The first-order valence-corrected chi connectivity index (χ1v) is 7.12. The Bertz CT molecular complexity index is 775. The van der Waals surface area contributed by atoms with Crippen LogP contribution in [0, 0.1) is 19.7 Å². The second-order valence-corrected chi connectivity index (χ2v) is 5.97. The Morgan fingerprint density at radius 3 is 2.60 bits per heavy atom. The first-order chi connectivity index (χ1) is 9.56. The van der Waals surface area contributed by atoms with Gasteiger partial charge in [-0.15, -0.1) is 11.3 Å². The Labute approximate surface area is 120 Å². The highest BCUT2D eigenvalue weighted by Gasteiger charge is 2.12. The van der Waals surface area contributed by atoms with Gasteiger partial charge in [0, 0.05) is 17.5 Å². The molecule has 3 rings (SSSR count). The topological polar surface area (TPSA) is 37.8 Å². The highest BCUT2D eigenvalue weighted by Crippen LogP contribution is 2.31. The lowest BCUT2D eigenvalue weighted by Crippen LogP contribution is -1.97. The largest absolute Gasteiger partial charge is 0.372 e. The van der Waals surface area contributed by atoms with E-state index in [1.807, 2.05) is 27.0 Å². The van der Waals surface area contributed by atoms with E-state index < -0.39 is 0 Å². The summed E-state index contributed by atoms with van der Waals surface area (Å²) in [5.74, 6) is 1.06. The number of halogens is 1. The van der Waals surface area contributed by atoms with E-state index in [2.05, 4.69) is 21.4 Å². The number of nitrogens with one attached hydrogen (secondary N) is 1. The van der Waals surface area contributed by atoms with E-state index >= 15 is 0 Å². The van der Waals surface area contributed by atoms with Gasteiger partial charge >= 0.3 is 0 Å². The van der Waals surface area contributed by atoms with Gasteiger partial charge in [-0.05, 0) is 43.7 Å². The normalized spacial score (nSPS) is 11.0. The van der Waals surface area contributed by atoms with Crippen LogP contribution in [-0.4, -0.2) is 17.0 Å². The maximum absolute atomic E-state index is 13.5. The van der Waals surface area contributed by atoms with E-state index in [0.717, 1.165) is 21.6 Å². The molecule has 5 heteroatoms. The van der Waals surface area contributed by atoms with Gasteiger partial charge in [0.05, 0.1) is 5.39 Å². The number of benzene rings is 1. The molecule has 0 amide bonds.